The SMILES string of the molecule is Cc1ccc([C@@H]2CCCCCN2S(=O)(=O)c2ccccc2)s1. The molecule has 22 heavy (non-hydrogen) atoms. The molecule has 0 aliphatic carbocycles. The van der Waals surface area contributed by atoms with Gasteiger partial charge in [0.05, 0.1) is 10.9 Å². The van der Waals surface area contributed by atoms with Crippen molar-refractivity contribution >= 4 is 21.4 Å². The van der Waals surface area contributed by atoms with E-state index in [-0.39, 0.29) is 6.04 Å². The molecular formula is C17H21NO2S2. The summed E-state index contributed by atoms with van der Waals surface area (Å²) >= 11 is 1.71. The highest BCUT2D eigenvalue weighted by molar-refractivity contribution is 7.89. The molecule has 0 unspecified atom stereocenters. The van der Waals surface area contributed by atoms with Gasteiger partial charge in [0.2, 0.25) is 10.0 Å². The number of sulfonamides is 1. The second kappa shape index (κ2) is 6.52. The van der Waals surface area contributed by atoms with Gasteiger partial charge in [-0.2, -0.15) is 4.31 Å². The lowest BCUT2D eigenvalue weighted by molar-refractivity contribution is 0.333. The minimum Gasteiger partial charge on any atom is -0.207 e. The first kappa shape index (κ1) is 15.7. The first-order chi connectivity index (χ1) is 10.6. The second-order valence-electron chi connectivity index (χ2n) is 5.74. The van der Waals surface area contributed by atoms with E-state index in [0.29, 0.717) is 11.4 Å². The lowest BCUT2D eigenvalue weighted by Gasteiger charge is -2.28. The maximum atomic E-state index is 13.1. The van der Waals surface area contributed by atoms with Crippen LogP contribution in [0.1, 0.15) is 41.5 Å². The Hall–Kier alpha value is -1.17. The van der Waals surface area contributed by atoms with Crippen LogP contribution in [0, 0.1) is 6.92 Å². The highest BCUT2D eigenvalue weighted by Gasteiger charge is 2.33. The number of hydrogen-bond acceptors (Lipinski definition) is 3. The molecular weight excluding hydrogens is 314 g/mol. The summed E-state index contributed by atoms with van der Waals surface area (Å²) in [4.78, 5) is 2.80. The van der Waals surface area contributed by atoms with Crippen molar-refractivity contribution < 1.29 is 8.42 Å². The molecule has 0 radical (unpaired) electrons. The molecule has 1 fully saturated rings. The van der Waals surface area contributed by atoms with Gasteiger partial charge in [-0.1, -0.05) is 31.0 Å². The Morgan fingerprint density at radius 2 is 1.82 bits per heavy atom. The van der Waals surface area contributed by atoms with Gasteiger partial charge in [-0.15, -0.1) is 11.3 Å². The zero-order valence-corrected chi connectivity index (χ0v) is 14.4. The van der Waals surface area contributed by atoms with Crippen molar-refractivity contribution in [2.45, 2.75) is 43.5 Å². The van der Waals surface area contributed by atoms with Crippen molar-refractivity contribution in [2.75, 3.05) is 6.54 Å². The summed E-state index contributed by atoms with van der Waals surface area (Å²) in [5.74, 6) is 0. The first-order valence-corrected chi connectivity index (χ1v) is 9.98. The number of aryl methyl sites for hydroxylation is 1. The fourth-order valence-electron chi connectivity index (χ4n) is 3.01. The van der Waals surface area contributed by atoms with Crippen LogP contribution in [0.15, 0.2) is 47.4 Å². The van der Waals surface area contributed by atoms with Crippen molar-refractivity contribution in [3.05, 3.63) is 52.2 Å². The topological polar surface area (TPSA) is 37.4 Å². The summed E-state index contributed by atoms with van der Waals surface area (Å²) < 4.78 is 27.8. The van der Waals surface area contributed by atoms with E-state index in [1.807, 2.05) is 6.07 Å². The van der Waals surface area contributed by atoms with Crippen LogP contribution in [-0.4, -0.2) is 19.3 Å². The minimum atomic E-state index is -3.43. The van der Waals surface area contributed by atoms with Crippen molar-refractivity contribution in [2.24, 2.45) is 0 Å². The smallest absolute Gasteiger partial charge is 0.207 e. The van der Waals surface area contributed by atoms with Gasteiger partial charge in [-0.3, -0.25) is 0 Å². The quantitative estimate of drug-likeness (QED) is 0.835. The molecule has 1 aliphatic heterocycles. The zero-order chi connectivity index (χ0) is 15.6. The molecule has 1 atom stereocenters. The Kier molecular flexibility index (Phi) is 4.66. The van der Waals surface area contributed by atoms with E-state index < -0.39 is 10.0 Å². The van der Waals surface area contributed by atoms with Gasteiger partial charge in [-0.05, 0) is 44.0 Å². The third-order valence-corrected chi connectivity index (χ3v) is 7.17. The number of benzene rings is 1. The Morgan fingerprint density at radius 3 is 2.50 bits per heavy atom. The Morgan fingerprint density at radius 1 is 1.05 bits per heavy atom. The van der Waals surface area contributed by atoms with Crippen LogP contribution in [0.3, 0.4) is 0 Å². The molecule has 5 heteroatoms. The van der Waals surface area contributed by atoms with Gasteiger partial charge in [0, 0.05) is 16.3 Å². The van der Waals surface area contributed by atoms with Crippen molar-refractivity contribution in [3.63, 3.8) is 0 Å². The second-order valence-corrected chi connectivity index (χ2v) is 8.95. The molecule has 3 rings (SSSR count). The molecule has 2 aromatic rings. The summed E-state index contributed by atoms with van der Waals surface area (Å²) in [6.45, 7) is 2.68. The van der Waals surface area contributed by atoms with Crippen LogP contribution >= 0.6 is 11.3 Å². The van der Waals surface area contributed by atoms with Gasteiger partial charge in [0.1, 0.15) is 0 Å². The van der Waals surface area contributed by atoms with E-state index >= 15 is 0 Å². The van der Waals surface area contributed by atoms with E-state index in [9.17, 15) is 8.42 Å². The third kappa shape index (κ3) is 3.12. The summed E-state index contributed by atoms with van der Waals surface area (Å²) in [5, 5.41) is 0. The van der Waals surface area contributed by atoms with Crippen molar-refractivity contribution in [1.29, 1.82) is 0 Å². The van der Waals surface area contributed by atoms with Crippen LogP contribution in [0.4, 0.5) is 0 Å². The zero-order valence-electron chi connectivity index (χ0n) is 12.7. The molecule has 2 heterocycles. The number of hydrogen-bond donors (Lipinski definition) is 0. The fraction of sp³-hybridized carbons (Fsp3) is 0.412. The molecule has 3 nitrogen and oxygen atoms in total. The number of nitrogens with zero attached hydrogens (tertiary/aromatic N) is 1. The predicted molar refractivity (Wildman–Crippen MR) is 90.6 cm³/mol. The Bertz CT molecular complexity index is 722. The van der Waals surface area contributed by atoms with E-state index in [1.54, 1.807) is 39.9 Å². The summed E-state index contributed by atoms with van der Waals surface area (Å²) in [6.07, 6.45) is 4.03. The third-order valence-electron chi connectivity index (χ3n) is 4.14. The maximum Gasteiger partial charge on any atom is 0.243 e. The number of thiophene rings is 1. The largest absolute Gasteiger partial charge is 0.243 e. The maximum absolute atomic E-state index is 13.1. The molecule has 1 aromatic heterocycles. The van der Waals surface area contributed by atoms with Gasteiger partial charge in [-0.25, -0.2) is 8.42 Å². The molecule has 118 valence electrons. The molecule has 0 saturated carbocycles. The molecule has 0 amide bonds. The summed E-state index contributed by atoms with van der Waals surface area (Å²) in [6, 6.07) is 13.0. The van der Waals surface area contributed by atoms with Crippen LogP contribution < -0.4 is 0 Å². The normalized spacial score (nSPS) is 20.7. The lowest BCUT2D eigenvalue weighted by Crippen LogP contribution is -2.34. The van der Waals surface area contributed by atoms with Crippen LogP contribution in [-0.2, 0) is 10.0 Å². The van der Waals surface area contributed by atoms with E-state index in [0.717, 1.165) is 25.7 Å². The van der Waals surface area contributed by atoms with Crippen molar-refractivity contribution in [1.82, 2.24) is 4.31 Å². The molecule has 1 saturated heterocycles. The summed E-state index contributed by atoms with van der Waals surface area (Å²) in [5.41, 5.74) is 0. The summed E-state index contributed by atoms with van der Waals surface area (Å²) in [7, 11) is -3.43. The van der Waals surface area contributed by atoms with Gasteiger partial charge < -0.3 is 0 Å². The molecule has 1 aromatic carbocycles. The minimum absolute atomic E-state index is 0.0218. The Labute approximate surface area is 136 Å². The van der Waals surface area contributed by atoms with Crippen molar-refractivity contribution in [3.8, 4) is 0 Å². The van der Waals surface area contributed by atoms with Crippen LogP contribution in [0.5, 0.6) is 0 Å². The standard InChI is InChI=1S/C17H21NO2S2/c1-14-11-12-17(21-14)16-10-6-3-7-13-18(16)22(19,20)15-8-4-2-5-9-15/h2,4-5,8-9,11-12,16H,3,6-7,10,13H2,1H3/t16-/m0/s1. The van der Waals surface area contributed by atoms with E-state index in [2.05, 4.69) is 19.1 Å². The molecule has 1 aliphatic rings. The first-order valence-electron chi connectivity index (χ1n) is 7.72. The van der Waals surface area contributed by atoms with Crippen LogP contribution in [0.2, 0.25) is 0 Å². The average molecular weight is 335 g/mol. The highest BCUT2D eigenvalue weighted by Crippen LogP contribution is 2.37. The molecule has 0 N–H and O–H groups in total. The average Bonchev–Trinajstić information content (AvgIpc) is 2.81. The fourth-order valence-corrected chi connectivity index (χ4v) is 5.80. The van der Waals surface area contributed by atoms with Gasteiger partial charge >= 0.3 is 0 Å². The molecule has 0 bridgehead atoms. The monoisotopic (exact) mass is 335 g/mol. The van der Waals surface area contributed by atoms with Gasteiger partial charge in [0.15, 0.2) is 0 Å². The highest BCUT2D eigenvalue weighted by atomic mass is 32.2. The van der Waals surface area contributed by atoms with Crippen LogP contribution in [0.25, 0.3) is 0 Å². The van der Waals surface area contributed by atoms with Gasteiger partial charge in [0.25, 0.3) is 0 Å². The van der Waals surface area contributed by atoms with E-state index in [4.69, 9.17) is 0 Å². The molecule has 0 spiro atoms. The Balaban J connectivity index is 2.00. The van der Waals surface area contributed by atoms with E-state index in [1.165, 1.54) is 9.75 Å². The predicted octanol–water partition coefficient (Wildman–Crippen LogP) is 4.36. The lowest BCUT2D eigenvalue weighted by atomic mass is 10.1. The number of rotatable bonds is 3.